The second kappa shape index (κ2) is 10.9. The van der Waals surface area contributed by atoms with E-state index in [1.807, 2.05) is 24.0 Å². The third kappa shape index (κ3) is 5.46. The van der Waals surface area contributed by atoms with Crippen LogP contribution < -0.4 is 10.2 Å². The molecule has 7 nitrogen and oxygen atoms in total. The van der Waals surface area contributed by atoms with Crippen LogP contribution >= 0.6 is 27.5 Å². The molecule has 1 fully saturated rings. The Balaban J connectivity index is 1.44. The van der Waals surface area contributed by atoms with E-state index in [0.717, 1.165) is 23.0 Å². The van der Waals surface area contributed by atoms with Gasteiger partial charge in [0, 0.05) is 17.1 Å². The first-order valence-electron chi connectivity index (χ1n) is 11.1. The number of fused-ring (bicyclic) bond motifs is 1. The molecule has 1 N–H and O–H groups in total. The van der Waals surface area contributed by atoms with E-state index in [9.17, 15) is 14.7 Å². The number of carboxylic acids is 1. The number of halogens is 2. The van der Waals surface area contributed by atoms with Crippen molar-refractivity contribution in [3.05, 3.63) is 61.7 Å². The van der Waals surface area contributed by atoms with Gasteiger partial charge in [0.1, 0.15) is 24.2 Å². The van der Waals surface area contributed by atoms with E-state index < -0.39 is 12.0 Å². The van der Waals surface area contributed by atoms with Crippen molar-refractivity contribution in [1.29, 1.82) is 0 Å². The molecule has 0 aliphatic carbocycles. The molecule has 34 heavy (non-hydrogen) atoms. The number of hydrogen-bond acceptors (Lipinski definition) is 6. The minimum atomic E-state index is -0.778. The Kier molecular flexibility index (Phi) is 7.93. The van der Waals surface area contributed by atoms with Crippen LogP contribution in [0.5, 0.6) is 5.75 Å². The van der Waals surface area contributed by atoms with E-state index in [0.29, 0.717) is 59.2 Å². The summed E-state index contributed by atoms with van der Waals surface area (Å²) in [7, 11) is 0. The average molecular weight is 551 g/mol. The number of nitrogens with zero attached hydrogens (tertiary/aromatic N) is 1. The van der Waals surface area contributed by atoms with Gasteiger partial charge in [-0.2, -0.15) is 0 Å². The summed E-state index contributed by atoms with van der Waals surface area (Å²) in [5.41, 5.74) is 1.75. The topological polar surface area (TPSA) is 89.2 Å². The van der Waals surface area contributed by atoms with Crippen molar-refractivity contribution in [2.75, 3.05) is 32.9 Å². The van der Waals surface area contributed by atoms with Crippen LogP contribution in [0.1, 0.15) is 18.4 Å². The molecule has 1 saturated heterocycles. The highest BCUT2D eigenvalue weighted by Crippen LogP contribution is 2.36. The highest BCUT2D eigenvalue weighted by Gasteiger charge is 2.29. The molecular formula is C25H25BrClNO6. The Morgan fingerprint density at radius 1 is 1.26 bits per heavy atom. The molecule has 0 amide bonds. The Labute approximate surface area is 210 Å². The van der Waals surface area contributed by atoms with Crippen molar-refractivity contribution in [1.82, 2.24) is 4.90 Å². The predicted octanol–water partition coefficient (Wildman–Crippen LogP) is 5.13. The lowest BCUT2D eigenvalue weighted by Gasteiger charge is -2.20. The molecule has 180 valence electrons. The predicted molar refractivity (Wildman–Crippen MR) is 134 cm³/mol. The van der Waals surface area contributed by atoms with Gasteiger partial charge in [0.05, 0.1) is 29.2 Å². The highest BCUT2D eigenvalue weighted by molar-refractivity contribution is 9.10. The first kappa shape index (κ1) is 24.7. The molecular weight excluding hydrogens is 526 g/mol. The monoisotopic (exact) mass is 549 g/mol. The summed E-state index contributed by atoms with van der Waals surface area (Å²) in [6.45, 7) is 4.33. The van der Waals surface area contributed by atoms with Crippen molar-refractivity contribution in [2.24, 2.45) is 0 Å². The van der Waals surface area contributed by atoms with Gasteiger partial charge >= 0.3 is 5.97 Å². The Morgan fingerprint density at radius 3 is 2.88 bits per heavy atom. The fourth-order valence-electron chi connectivity index (χ4n) is 4.12. The first-order chi connectivity index (χ1) is 16.3. The molecule has 1 atom stereocenters. The zero-order valence-electron chi connectivity index (χ0n) is 18.7. The number of likely N-dealkylation sites (tertiary alicyclic amines) is 1. The van der Waals surface area contributed by atoms with Crippen molar-refractivity contribution >= 4 is 44.5 Å². The lowest BCUT2D eigenvalue weighted by molar-refractivity contribution is -0.142. The Bertz CT molecular complexity index is 1260. The van der Waals surface area contributed by atoms with E-state index in [1.165, 1.54) is 6.07 Å². The van der Waals surface area contributed by atoms with Crippen LogP contribution in [-0.2, 0) is 9.53 Å². The van der Waals surface area contributed by atoms with Crippen LogP contribution in [-0.4, -0.2) is 54.9 Å². The molecule has 2 heterocycles. The smallest absolute Gasteiger partial charge is 0.320 e. The van der Waals surface area contributed by atoms with E-state index >= 15 is 0 Å². The van der Waals surface area contributed by atoms with Crippen LogP contribution in [0.25, 0.3) is 22.3 Å². The maximum absolute atomic E-state index is 12.7. The standard InChI is InChI=1S/C25H25BrClNO6/c1-15-12-17(23-14-21(29)16-4-2-5-19(27)24(16)34-23)22(13-18(15)26)33-11-10-32-9-8-28-7-3-6-20(28)25(30)31/h2,4-5,12-14,20H,3,6-11H2,1H3,(H,30,31)/t20-/m1/s1. The Hall–Kier alpha value is -2.39. The van der Waals surface area contributed by atoms with Gasteiger partial charge in [-0.05, 0) is 56.1 Å². The highest BCUT2D eigenvalue weighted by atomic mass is 79.9. The van der Waals surface area contributed by atoms with Gasteiger partial charge in [0.25, 0.3) is 0 Å². The molecule has 3 aromatic rings. The normalized spacial score (nSPS) is 16.3. The quantitative estimate of drug-likeness (QED) is 0.370. The van der Waals surface area contributed by atoms with Crippen LogP contribution in [0.3, 0.4) is 0 Å². The number of carboxylic acid groups (broad SMARTS) is 1. The molecule has 1 aliphatic heterocycles. The third-order valence-corrected chi connectivity index (χ3v) is 7.04. The number of aryl methyl sites for hydroxylation is 1. The fourth-order valence-corrected chi connectivity index (χ4v) is 4.65. The summed E-state index contributed by atoms with van der Waals surface area (Å²) in [6.07, 6.45) is 1.57. The number of rotatable bonds is 9. The molecule has 4 rings (SSSR count). The fraction of sp³-hybridized carbons (Fsp3) is 0.360. The van der Waals surface area contributed by atoms with Gasteiger partial charge in [-0.15, -0.1) is 0 Å². The summed E-state index contributed by atoms with van der Waals surface area (Å²) in [6, 6.07) is 9.82. The minimum Gasteiger partial charge on any atom is -0.490 e. The lowest BCUT2D eigenvalue weighted by Crippen LogP contribution is -2.38. The lowest BCUT2D eigenvalue weighted by atomic mass is 10.1. The van der Waals surface area contributed by atoms with Crippen molar-refractivity contribution < 1.29 is 23.8 Å². The maximum atomic E-state index is 12.7. The van der Waals surface area contributed by atoms with Gasteiger partial charge in [0.15, 0.2) is 11.0 Å². The van der Waals surface area contributed by atoms with Gasteiger partial charge in [0.2, 0.25) is 0 Å². The molecule has 0 saturated carbocycles. The van der Waals surface area contributed by atoms with Crippen LogP contribution in [0.2, 0.25) is 5.02 Å². The summed E-state index contributed by atoms with van der Waals surface area (Å²) >= 11 is 9.80. The molecule has 2 aromatic carbocycles. The molecule has 1 aromatic heterocycles. The zero-order valence-corrected chi connectivity index (χ0v) is 21.0. The SMILES string of the molecule is Cc1cc(-c2cc(=O)c3cccc(Cl)c3o2)c(OCCOCCN2CCC[C@@H]2C(=O)O)cc1Br. The van der Waals surface area contributed by atoms with Crippen molar-refractivity contribution in [2.45, 2.75) is 25.8 Å². The number of ether oxygens (including phenoxy) is 2. The maximum Gasteiger partial charge on any atom is 0.320 e. The van der Waals surface area contributed by atoms with Crippen LogP contribution in [0.4, 0.5) is 0 Å². The molecule has 9 heteroatoms. The zero-order chi connectivity index (χ0) is 24.2. The first-order valence-corrected chi connectivity index (χ1v) is 12.2. The number of carbonyl (C=O) groups is 1. The second-order valence-corrected chi connectivity index (χ2v) is 9.44. The van der Waals surface area contributed by atoms with Crippen LogP contribution in [0.15, 0.2) is 50.1 Å². The Morgan fingerprint density at radius 2 is 2.09 bits per heavy atom. The molecule has 1 aliphatic rings. The second-order valence-electron chi connectivity index (χ2n) is 8.18. The molecule has 0 radical (unpaired) electrons. The minimum absolute atomic E-state index is 0.185. The number of para-hydroxylation sites is 1. The third-order valence-electron chi connectivity index (χ3n) is 5.89. The number of aliphatic carboxylic acids is 1. The molecule has 0 spiro atoms. The van der Waals surface area contributed by atoms with Gasteiger partial charge < -0.3 is 19.0 Å². The number of hydrogen-bond donors (Lipinski definition) is 1. The van der Waals surface area contributed by atoms with E-state index in [1.54, 1.807) is 18.2 Å². The van der Waals surface area contributed by atoms with E-state index in [4.69, 9.17) is 25.5 Å². The van der Waals surface area contributed by atoms with Crippen molar-refractivity contribution in [3.8, 4) is 17.1 Å². The van der Waals surface area contributed by atoms with Gasteiger partial charge in [-0.25, -0.2) is 0 Å². The van der Waals surface area contributed by atoms with E-state index in [-0.39, 0.29) is 12.0 Å². The summed E-state index contributed by atoms with van der Waals surface area (Å²) in [5, 5.41) is 10.0. The van der Waals surface area contributed by atoms with Gasteiger partial charge in [-0.1, -0.05) is 33.6 Å². The summed E-state index contributed by atoms with van der Waals surface area (Å²) < 4.78 is 18.5. The van der Waals surface area contributed by atoms with Gasteiger partial charge in [-0.3, -0.25) is 14.5 Å². The number of benzene rings is 2. The largest absolute Gasteiger partial charge is 0.490 e. The molecule has 0 bridgehead atoms. The average Bonchev–Trinajstić information content (AvgIpc) is 3.28. The van der Waals surface area contributed by atoms with Crippen LogP contribution in [0, 0.1) is 6.92 Å². The summed E-state index contributed by atoms with van der Waals surface area (Å²) in [4.78, 5) is 25.9. The summed E-state index contributed by atoms with van der Waals surface area (Å²) in [5.74, 6) is 0.131. The molecule has 0 unspecified atom stereocenters. The van der Waals surface area contributed by atoms with Crippen molar-refractivity contribution in [3.63, 3.8) is 0 Å². The van der Waals surface area contributed by atoms with E-state index in [2.05, 4.69) is 15.9 Å².